The van der Waals surface area contributed by atoms with E-state index in [4.69, 9.17) is 0 Å². The molecule has 14 radical (unpaired) electrons. The molecule has 0 amide bonds. The topological polar surface area (TPSA) is 0 Å². The van der Waals surface area contributed by atoms with Crippen molar-refractivity contribution in [2.75, 3.05) is 0 Å². The summed E-state index contributed by atoms with van der Waals surface area (Å²) in [5.74, 6) is 0. The van der Waals surface area contributed by atoms with E-state index in [1.54, 1.807) is 0 Å². The van der Waals surface area contributed by atoms with E-state index < -0.39 is 0 Å². The van der Waals surface area contributed by atoms with Crippen molar-refractivity contribution >= 4 is 0 Å². The van der Waals surface area contributed by atoms with Crippen LogP contribution >= 0.6 is 0 Å². The molecule has 0 aliphatic carbocycles. The van der Waals surface area contributed by atoms with Crippen LogP contribution in [0.1, 0.15) is 0 Å². The van der Waals surface area contributed by atoms with Crippen molar-refractivity contribution in [3.8, 4) is 0 Å². The average Bonchev–Trinajstić information content (AvgIpc) is 0. The summed E-state index contributed by atoms with van der Waals surface area (Å²) < 4.78 is 0. The Balaban J connectivity index is 0. The van der Waals surface area contributed by atoms with Crippen LogP contribution in [0.15, 0.2) is 0 Å². The second-order valence-electron chi connectivity index (χ2n) is 0. The minimum atomic E-state index is 0. The molecule has 25 heteroatoms. The van der Waals surface area contributed by atoms with Crippen molar-refractivity contribution in [2.45, 2.75) is 0 Å². The number of rotatable bonds is 0. The van der Waals surface area contributed by atoms with Gasteiger partial charge in [0.2, 0.25) is 0 Å². The fourth-order valence-corrected chi connectivity index (χ4v) is 0. The van der Waals surface area contributed by atoms with Crippen molar-refractivity contribution in [2.24, 2.45) is 0 Å². The van der Waals surface area contributed by atoms with Gasteiger partial charge >= 0.3 is 58.9 Å². The van der Waals surface area contributed by atoms with Gasteiger partial charge in [-0.3, -0.25) is 0 Å². The summed E-state index contributed by atoms with van der Waals surface area (Å²) in [4.78, 5) is 0. The van der Waals surface area contributed by atoms with E-state index in [2.05, 4.69) is 0 Å². The molecular formula is AgCoCrCuFeHfIrLaMnMoNbNiPdPrReRhRuScTaTbVWYZnZr+5. The average molecular weight is 2650 g/mol. The maximum atomic E-state index is 0. The Labute approximate surface area is 557 Å². The first-order valence-electron chi connectivity index (χ1n) is 0. The Hall–Kier alpha value is 18.7. The van der Waals surface area contributed by atoms with Crippen molar-refractivity contribution in [1.29, 1.82) is 0 Å². The summed E-state index contributed by atoms with van der Waals surface area (Å²) in [5.41, 5.74) is 0. The van der Waals surface area contributed by atoms with E-state index in [-0.39, 0.29) is 575 Å². The predicted octanol–water partition coefficient (Wildman–Crippen LogP) is -0.0550. The van der Waals surface area contributed by atoms with Crippen LogP contribution in [0.5, 0.6) is 0 Å². The molecule has 0 unspecified atom stereocenters. The van der Waals surface area contributed by atoms with Gasteiger partial charge in [0.25, 0.3) is 0 Å². The maximum absolute atomic E-state index is 0. The number of hydrogen-bond donors (Lipinski definition) is 0. The molecule has 0 nitrogen and oxygen atoms in total. The zero-order valence-corrected chi connectivity index (χ0v) is 63.5. The van der Waals surface area contributed by atoms with E-state index in [1.165, 1.54) is 0 Å². The van der Waals surface area contributed by atoms with Crippen LogP contribution in [0.3, 0.4) is 0 Å². The molecule has 0 bridgehead atoms. The first-order chi connectivity index (χ1) is 0. The third kappa shape index (κ3) is 202. The van der Waals surface area contributed by atoms with Crippen LogP contribution in [0, 0.1) is 116 Å². The van der Waals surface area contributed by atoms with E-state index in [9.17, 15) is 0 Å². The van der Waals surface area contributed by atoms with Crippen LogP contribution in [0.2, 0.25) is 0 Å². The zero-order chi connectivity index (χ0) is 0. The van der Waals surface area contributed by atoms with E-state index >= 15 is 0 Å². The molecule has 0 N–H and O–H groups in total. The molecule has 0 fully saturated rings. The Morgan fingerprint density at radius 1 is 1.00 bits per heavy atom. The van der Waals surface area contributed by atoms with Gasteiger partial charge < -0.3 is 0 Å². The Kier molecular flexibility index (Phi) is 1940. The Morgan fingerprint density at radius 2 is 1.00 bits per heavy atom. The molecule has 25 heavy (non-hydrogen) atoms. The fourth-order valence-electron chi connectivity index (χ4n) is 0. The molecule has 158 valence electrons. The maximum Gasteiger partial charge on any atom is 2.00 e. The van der Waals surface area contributed by atoms with Gasteiger partial charge in [0.1, 0.15) is 0 Å². The summed E-state index contributed by atoms with van der Waals surface area (Å²) in [6, 6.07) is 0. The van der Waals surface area contributed by atoms with Crippen molar-refractivity contribution < 1.29 is 575 Å². The van der Waals surface area contributed by atoms with Gasteiger partial charge in [-0.25, -0.2) is 0 Å². The van der Waals surface area contributed by atoms with Gasteiger partial charge in [-0.1, -0.05) is 0 Å². The quantitative estimate of drug-likeness (QED) is 0.299. The van der Waals surface area contributed by atoms with Gasteiger partial charge in [-0.05, 0) is 0 Å². The molecule has 0 heterocycles. The van der Waals surface area contributed by atoms with Crippen LogP contribution in [0.25, 0.3) is 0 Å². The summed E-state index contributed by atoms with van der Waals surface area (Å²) >= 11 is 0. The van der Waals surface area contributed by atoms with E-state index in [1.807, 2.05) is 0 Å². The summed E-state index contributed by atoms with van der Waals surface area (Å²) in [6.07, 6.45) is 0. The zero-order valence-electron chi connectivity index (χ0n) is 10.6. The van der Waals surface area contributed by atoms with Crippen molar-refractivity contribution in [1.82, 2.24) is 0 Å². The third-order valence-electron chi connectivity index (χ3n) is 0. The first kappa shape index (κ1) is 228. The van der Waals surface area contributed by atoms with Gasteiger partial charge in [-0.2, -0.15) is 0 Å². The second-order valence-corrected chi connectivity index (χ2v) is 0. The molecule has 0 saturated heterocycles. The molecule has 0 saturated carbocycles. The van der Waals surface area contributed by atoms with Crippen molar-refractivity contribution in [3.05, 3.63) is 0 Å². The van der Waals surface area contributed by atoms with Crippen molar-refractivity contribution in [3.63, 3.8) is 0 Å². The SMILES string of the molecule is [Ag+].[Co].[Cr].[Cu+2].[Fe].[Hf].[Ir].[La].[Mn].[Mo].[Nb].[Ni].[Pd].[Pr].[Re].[Rh].[Ru].[Sc].[Ta].[Tb].[V].[W].[Y].[Zn+2].[Zr]. The van der Waals surface area contributed by atoms with Crippen LogP contribution in [-0.2, 0) is 460 Å². The van der Waals surface area contributed by atoms with Gasteiger partial charge in [-0.15, -0.1) is 0 Å². The van der Waals surface area contributed by atoms with E-state index in [0.29, 0.717) is 0 Å². The minimum absolute atomic E-state index is 0. The molecule has 0 aliphatic heterocycles. The fraction of sp³-hybridized carbons (Fsp3) is 0. The van der Waals surface area contributed by atoms with Crippen LogP contribution < -0.4 is 0 Å². The minimum Gasteiger partial charge on any atom is 0 e. The van der Waals surface area contributed by atoms with E-state index in [0.717, 1.165) is 0 Å². The van der Waals surface area contributed by atoms with Gasteiger partial charge in [0.15, 0.2) is 0 Å². The molecule has 0 aromatic carbocycles. The van der Waals surface area contributed by atoms with Crippen LogP contribution in [0.4, 0.5) is 0 Å². The molecule has 0 aromatic heterocycles. The third-order valence-corrected chi connectivity index (χ3v) is 0. The molecule has 0 atom stereocenters. The molecule has 0 aliphatic rings. The van der Waals surface area contributed by atoms with Gasteiger partial charge in [0.05, 0.1) is 0 Å². The molecular weight excluding hydrogens is 2650 g/mol. The summed E-state index contributed by atoms with van der Waals surface area (Å²) in [5, 5.41) is 0. The normalized spacial score (nSPS) is 0. The second kappa shape index (κ2) is 212. The predicted molar refractivity (Wildman–Crippen MR) is 0 cm³/mol. The monoisotopic (exact) mass is 2650 g/mol. The van der Waals surface area contributed by atoms with Crippen LogP contribution in [-0.4, -0.2) is 0 Å². The summed E-state index contributed by atoms with van der Waals surface area (Å²) in [6.45, 7) is 0. The largest absolute Gasteiger partial charge is 2.00 e. The summed E-state index contributed by atoms with van der Waals surface area (Å²) in [7, 11) is 0. The first-order valence-corrected chi connectivity index (χ1v) is 0. The van der Waals surface area contributed by atoms with Gasteiger partial charge in [0, 0.05) is 516 Å². The smallest absolute Gasteiger partial charge is 0 e. The molecule has 0 rings (SSSR count). The number of hydrogen-bond acceptors (Lipinski definition) is 0. The standard InChI is InChI=1S/Ag.Co.Cr.Cu.Fe.Hf.Ir.La.Mn.Mo.Nb.Ni.Pd.Pr.Re.Rh.Ru.Sc.Ta.Tb.V.W.Y.Zn.Zr/q+1;;;+2;;;;;;;;;;;;;;;;;;;;+2;. The Bertz CT molecular complexity index is 116. The molecule has 0 spiro atoms. The molecule has 0 aromatic rings. The Morgan fingerprint density at radius 3 is 1.00 bits per heavy atom.